The van der Waals surface area contributed by atoms with Crippen LogP contribution in [0.25, 0.3) is 17.2 Å². The molecular weight excluding hydrogens is 469 g/mol. The zero-order valence-electron chi connectivity index (χ0n) is 18.1. The van der Waals surface area contributed by atoms with Crippen LogP contribution in [0.3, 0.4) is 0 Å². The van der Waals surface area contributed by atoms with E-state index in [1.165, 1.54) is 37.5 Å². The summed E-state index contributed by atoms with van der Waals surface area (Å²) in [5.41, 5.74) is -0.692. The van der Waals surface area contributed by atoms with E-state index in [9.17, 15) is 32.7 Å². The van der Waals surface area contributed by atoms with E-state index in [-0.39, 0.29) is 23.2 Å². The Morgan fingerprint density at radius 2 is 1.91 bits per heavy atom. The summed E-state index contributed by atoms with van der Waals surface area (Å²) < 4.78 is 46.8. The molecule has 180 valence electrons. The highest BCUT2D eigenvalue weighted by Crippen LogP contribution is 2.39. The molecule has 2 aliphatic rings. The van der Waals surface area contributed by atoms with Gasteiger partial charge in [0.25, 0.3) is 23.3 Å². The molecule has 0 saturated carbocycles. The van der Waals surface area contributed by atoms with Gasteiger partial charge < -0.3 is 20.1 Å². The SMILES string of the molecule is CNC(=O)c1c(O)c2ncc(Cc3ccc(F)cc3)c3c2n(c1=O)C=C(C(=O)N1CC(F)(F)C1)O3. The fourth-order valence-electron chi connectivity index (χ4n) is 4.04. The van der Waals surface area contributed by atoms with Gasteiger partial charge in [-0.3, -0.25) is 23.9 Å². The van der Waals surface area contributed by atoms with Crippen LogP contribution in [-0.4, -0.2) is 57.4 Å². The van der Waals surface area contributed by atoms with Crippen molar-refractivity contribution in [3.63, 3.8) is 0 Å². The minimum atomic E-state index is -3.02. The maximum absolute atomic E-state index is 13.3. The molecular formula is C23H17F3N4O5. The third-order valence-electron chi connectivity index (χ3n) is 5.78. The number of hydrogen-bond donors (Lipinski definition) is 2. The summed E-state index contributed by atoms with van der Waals surface area (Å²) in [5, 5.41) is 12.9. The number of hydrogen-bond acceptors (Lipinski definition) is 6. The Morgan fingerprint density at radius 1 is 1.23 bits per heavy atom. The number of rotatable bonds is 4. The van der Waals surface area contributed by atoms with E-state index in [2.05, 4.69) is 10.3 Å². The minimum absolute atomic E-state index is 0.00902. The van der Waals surface area contributed by atoms with Crippen molar-refractivity contribution in [1.29, 1.82) is 0 Å². The lowest BCUT2D eigenvalue weighted by molar-refractivity contribution is -0.163. The number of benzene rings is 1. The van der Waals surface area contributed by atoms with Crippen LogP contribution < -0.4 is 15.6 Å². The number of pyridine rings is 2. The second-order valence-corrected chi connectivity index (χ2v) is 8.20. The number of nitrogens with one attached hydrogen (secondary N) is 1. The highest BCUT2D eigenvalue weighted by atomic mass is 19.3. The molecule has 0 aliphatic carbocycles. The van der Waals surface area contributed by atoms with Crippen LogP contribution in [-0.2, 0) is 11.2 Å². The molecule has 2 amide bonds. The van der Waals surface area contributed by atoms with Crippen molar-refractivity contribution in [2.45, 2.75) is 12.3 Å². The van der Waals surface area contributed by atoms with Crippen LogP contribution >= 0.6 is 0 Å². The van der Waals surface area contributed by atoms with E-state index in [1.807, 2.05) is 0 Å². The van der Waals surface area contributed by atoms with Crippen molar-refractivity contribution in [3.8, 4) is 11.5 Å². The van der Waals surface area contributed by atoms with Crippen LogP contribution in [0.4, 0.5) is 13.2 Å². The summed E-state index contributed by atoms with van der Waals surface area (Å²) in [6.07, 6.45) is 2.47. The Kier molecular flexibility index (Phi) is 5.04. The Morgan fingerprint density at radius 3 is 2.54 bits per heavy atom. The molecule has 1 fully saturated rings. The van der Waals surface area contributed by atoms with E-state index in [0.717, 1.165) is 15.7 Å². The van der Waals surface area contributed by atoms with Crippen molar-refractivity contribution >= 4 is 29.0 Å². The average molecular weight is 486 g/mol. The summed E-state index contributed by atoms with van der Waals surface area (Å²) >= 11 is 0. The predicted molar refractivity (Wildman–Crippen MR) is 117 cm³/mol. The molecule has 0 radical (unpaired) electrons. The number of carbonyl (C=O) groups is 2. The summed E-state index contributed by atoms with van der Waals surface area (Å²) in [6.45, 7) is -1.61. The average Bonchev–Trinajstić information content (AvgIpc) is 2.82. The number of ether oxygens (including phenoxy) is 1. The molecule has 5 rings (SSSR count). The van der Waals surface area contributed by atoms with Crippen molar-refractivity contribution in [2.75, 3.05) is 20.1 Å². The smallest absolute Gasteiger partial charge is 0.291 e. The highest BCUT2D eigenvalue weighted by molar-refractivity contribution is 6.04. The summed E-state index contributed by atoms with van der Waals surface area (Å²) in [7, 11) is 1.27. The summed E-state index contributed by atoms with van der Waals surface area (Å²) in [5.74, 6) is -6.33. The van der Waals surface area contributed by atoms with Crippen molar-refractivity contribution in [3.05, 3.63) is 69.1 Å². The molecule has 35 heavy (non-hydrogen) atoms. The standard InChI is InChI=1S/C23H17F3N4O5/c1-27-20(32)15-18(31)16-17-19(12(7-28-16)6-11-2-4-13(24)5-3-11)35-14(8-30(17)22(15)34)21(33)29-9-23(25,26)10-29/h2-5,7-8,31H,6,9-10H2,1H3,(H,27,32). The van der Waals surface area contributed by atoms with E-state index in [0.29, 0.717) is 11.1 Å². The maximum atomic E-state index is 13.3. The van der Waals surface area contributed by atoms with Crippen molar-refractivity contribution in [1.82, 2.24) is 19.8 Å². The monoisotopic (exact) mass is 486 g/mol. The first-order chi connectivity index (χ1) is 16.6. The second-order valence-electron chi connectivity index (χ2n) is 8.20. The number of aromatic nitrogens is 2. The third kappa shape index (κ3) is 3.66. The molecule has 1 saturated heterocycles. The summed E-state index contributed by atoms with van der Waals surface area (Å²) in [6, 6.07) is 5.57. The van der Waals surface area contributed by atoms with Gasteiger partial charge in [-0.05, 0) is 17.7 Å². The van der Waals surface area contributed by atoms with Gasteiger partial charge in [-0.2, -0.15) is 0 Å². The van der Waals surface area contributed by atoms with Gasteiger partial charge in [-0.25, -0.2) is 13.2 Å². The number of amides is 2. The van der Waals surface area contributed by atoms with Gasteiger partial charge in [0.15, 0.2) is 11.5 Å². The molecule has 9 nitrogen and oxygen atoms in total. The normalized spacial score (nSPS) is 15.8. The van der Waals surface area contributed by atoms with Crippen LogP contribution in [0.15, 0.2) is 41.0 Å². The highest BCUT2D eigenvalue weighted by Gasteiger charge is 2.47. The van der Waals surface area contributed by atoms with Gasteiger partial charge in [0.2, 0.25) is 5.76 Å². The fourth-order valence-corrected chi connectivity index (χ4v) is 4.04. The lowest BCUT2D eigenvalue weighted by Gasteiger charge is -2.39. The zero-order valence-corrected chi connectivity index (χ0v) is 18.1. The molecule has 3 aromatic rings. The number of alkyl halides is 2. The molecule has 0 atom stereocenters. The van der Waals surface area contributed by atoms with Gasteiger partial charge in [-0.15, -0.1) is 0 Å². The zero-order chi connectivity index (χ0) is 25.1. The van der Waals surface area contributed by atoms with Crippen LogP contribution in [0.2, 0.25) is 0 Å². The quantitative estimate of drug-likeness (QED) is 0.582. The Labute approximate surface area is 195 Å². The molecule has 12 heteroatoms. The molecule has 1 aromatic carbocycles. The number of nitrogens with zero attached hydrogens (tertiary/aromatic N) is 3. The number of halogens is 3. The van der Waals surface area contributed by atoms with E-state index in [1.54, 1.807) is 0 Å². The number of likely N-dealkylation sites (tertiary alicyclic amines) is 1. The Balaban J connectivity index is 1.69. The lowest BCUT2D eigenvalue weighted by atomic mass is 10.0. The first-order valence-corrected chi connectivity index (χ1v) is 10.4. The summed E-state index contributed by atoms with van der Waals surface area (Å²) in [4.78, 5) is 43.4. The first-order valence-electron chi connectivity index (χ1n) is 10.4. The molecule has 0 spiro atoms. The molecule has 0 unspecified atom stereocenters. The maximum Gasteiger partial charge on any atom is 0.291 e. The lowest BCUT2D eigenvalue weighted by Crippen LogP contribution is -2.59. The molecule has 2 aromatic heterocycles. The van der Waals surface area contributed by atoms with Gasteiger partial charge in [0.1, 0.15) is 22.4 Å². The van der Waals surface area contributed by atoms with Gasteiger partial charge in [0.05, 0.1) is 19.3 Å². The van der Waals surface area contributed by atoms with E-state index in [4.69, 9.17) is 4.74 Å². The van der Waals surface area contributed by atoms with Crippen LogP contribution in [0.5, 0.6) is 11.5 Å². The van der Waals surface area contributed by atoms with Crippen LogP contribution in [0.1, 0.15) is 21.5 Å². The largest absolute Gasteiger partial charge is 0.505 e. The Hall–Kier alpha value is -4.35. The fraction of sp³-hybridized carbons (Fsp3) is 0.217. The molecule has 4 heterocycles. The Bertz CT molecular complexity index is 1490. The van der Waals surface area contributed by atoms with Crippen LogP contribution in [0, 0.1) is 5.82 Å². The van der Waals surface area contributed by atoms with Gasteiger partial charge in [0, 0.05) is 25.2 Å². The van der Waals surface area contributed by atoms with Crippen molar-refractivity contribution < 1.29 is 32.6 Å². The van der Waals surface area contributed by atoms with Crippen molar-refractivity contribution in [2.24, 2.45) is 0 Å². The molecule has 0 bridgehead atoms. The van der Waals surface area contributed by atoms with E-state index >= 15 is 0 Å². The molecule has 2 aliphatic heterocycles. The topological polar surface area (TPSA) is 114 Å². The third-order valence-corrected chi connectivity index (χ3v) is 5.78. The second kappa shape index (κ2) is 7.86. The van der Waals surface area contributed by atoms with Gasteiger partial charge >= 0.3 is 0 Å². The first kappa shape index (κ1) is 22.4. The number of carbonyl (C=O) groups excluding carboxylic acids is 2. The van der Waals surface area contributed by atoms with Gasteiger partial charge in [-0.1, -0.05) is 12.1 Å². The minimum Gasteiger partial charge on any atom is -0.505 e. The molecule has 2 N–H and O–H groups in total. The van der Waals surface area contributed by atoms with E-state index < -0.39 is 59.3 Å². The predicted octanol–water partition coefficient (Wildman–Crippen LogP) is 1.86. The number of aromatic hydroxyl groups is 1.